The van der Waals surface area contributed by atoms with E-state index in [0.717, 1.165) is 18.9 Å². The number of carbonyl (C=O) groups is 2. The fourth-order valence-electron chi connectivity index (χ4n) is 2.49. The Bertz CT molecular complexity index is 425. The molecule has 0 aromatic carbocycles. The number of nitrogens with zero attached hydrogens (tertiary/aromatic N) is 1. The normalized spacial score (nSPS) is 28.9. The second-order valence-electron chi connectivity index (χ2n) is 5.09. The lowest BCUT2D eigenvalue weighted by atomic mass is 10.0. The number of amides is 1. The molecule has 2 heterocycles. The van der Waals surface area contributed by atoms with E-state index in [1.54, 1.807) is 11.8 Å². The lowest BCUT2D eigenvalue weighted by Crippen LogP contribution is -2.40. The molecule has 2 atom stereocenters. The van der Waals surface area contributed by atoms with Gasteiger partial charge in [-0.15, -0.1) is 0 Å². The maximum atomic E-state index is 12.0. The average molecular weight is 265 g/mol. The quantitative estimate of drug-likeness (QED) is 0.423. The van der Waals surface area contributed by atoms with E-state index in [0.29, 0.717) is 18.7 Å². The van der Waals surface area contributed by atoms with Crippen molar-refractivity contribution in [3.8, 4) is 0 Å². The van der Waals surface area contributed by atoms with Crippen molar-refractivity contribution in [2.75, 3.05) is 19.8 Å². The lowest BCUT2D eigenvalue weighted by Gasteiger charge is -2.23. The van der Waals surface area contributed by atoms with Crippen molar-refractivity contribution in [3.05, 3.63) is 24.8 Å². The van der Waals surface area contributed by atoms with Crippen LogP contribution in [0.1, 0.15) is 19.8 Å². The molecule has 0 aromatic heterocycles. The first kappa shape index (κ1) is 13.8. The Morgan fingerprint density at radius 3 is 2.84 bits per heavy atom. The Kier molecular flexibility index (Phi) is 3.75. The van der Waals surface area contributed by atoms with Gasteiger partial charge in [0.05, 0.1) is 12.6 Å². The minimum atomic E-state index is -0.509. The molecular weight excluding hydrogens is 246 g/mol. The van der Waals surface area contributed by atoms with Gasteiger partial charge >= 0.3 is 5.97 Å². The first-order valence-electron chi connectivity index (χ1n) is 6.39. The van der Waals surface area contributed by atoms with Crippen LogP contribution in [0.2, 0.25) is 0 Å². The summed E-state index contributed by atoms with van der Waals surface area (Å²) < 4.78 is 10.8. The van der Waals surface area contributed by atoms with Gasteiger partial charge < -0.3 is 14.4 Å². The molecule has 2 aliphatic rings. The Labute approximate surface area is 112 Å². The summed E-state index contributed by atoms with van der Waals surface area (Å²) in [6.07, 6.45) is 2.91. The number of esters is 1. The number of rotatable bonds is 5. The van der Waals surface area contributed by atoms with E-state index < -0.39 is 11.5 Å². The third-order valence-electron chi connectivity index (χ3n) is 3.64. The molecule has 2 unspecified atom stereocenters. The van der Waals surface area contributed by atoms with Gasteiger partial charge in [-0.25, -0.2) is 4.79 Å². The second kappa shape index (κ2) is 5.17. The number of carbonyl (C=O) groups excluding carboxylic acids is 2. The van der Waals surface area contributed by atoms with E-state index in [-0.39, 0.29) is 18.6 Å². The first-order valence-corrected chi connectivity index (χ1v) is 6.39. The summed E-state index contributed by atoms with van der Waals surface area (Å²) in [6, 6.07) is 0. The minimum Gasteiger partial charge on any atom is -0.460 e. The predicted molar refractivity (Wildman–Crippen MR) is 69.4 cm³/mol. The molecule has 0 spiro atoms. The Morgan fingerprint density at radius 1 is 1.58 bits per heavy atom. The van der Waals surface area contributed by atoms with Gasteiger partial charge in [-0.3, -0.25) is 4.79 Å². The summed E-state index contributed by atoms with van der Waals surface area (Å²) >= 11 is 0. The van der Waals surface area contributed by atoms with Gasteiger partial charge in [0.2, 0.25) is 5.91 Å². The van der Waals surface area contributed by atoms with Crippen LogP contribution in [0, 0.1) is 0 Å². The van der Waals surface area contributed by atoms with E-state index in [9.17, 15) is 9.59 Å². The lowest BCUT2D eigenvalue weighted by molar-refractivity contribution is -0.141. The molecular formula is C14H19NO4. The summed E-state index contributed by atoms with van der Waals surface area (Å²) in [5.41, 5.74) is -0.0273. The van der Waals surface area contributed by atoms with Crippen LogP contribution in [0.5, 0.6) is 0 Å². The molecule has 5 heteroatoms. The van der Waals surface area contributed by atoms with Gasteiger partial charge in [-0.2, -0.15) is 0 Å². The van der Waals surface area contributed by atoms with Crippen molar-refractivity contribution >= 4 is 11.9 Å². The number of hydrogen-bond donors (Lipinski definition) is 0. The van der Waals surface area contributed by atoms with Crippen LogP contribution < -0.4 is 0 Å². The Hall–Kier alpha value is -1.62. The van der Waals surface area contributed by atoms with Crippen molar-refractivity contribution in [3.63, 3.8) is 0 Å². The van der Waals surface area contributed by atoms with Gasteiger partial charge in [0.1, 0.15) is 12.1 Å². The molecule has 0 aliphatic carbocycles. The largest absolute Gasteiger partial charge is 0.460 e. The molecule has 2 saturated heterocycles. The fraction of sp³-hybridized carbons (Fsp3) is 0.571. The van der Waals surface area contributed by atoms with Crippen LogP contribution in [0.25, 0.3) is 0 Å². The van der Waals surface area contributed by atoms with E-state index in [1.165, 1.54) is 0 Å². The van der Waals surface area contributed by atoms with Gasteiger partial charge in [0, 0.05) is 18.3 Å². The smallest absolute Gasteiger partial charge is 0.330 e. The third-order valence-corrected chi connectivity index (χ3v) is 3.64. The van der Waals surface area contributed by atoms with E-state index >= 15 is 0 Å². The molecule has 2 aliphatic heterocycles. The zero-order chi connectivity index (χ0) is 14.0. The van der Waals surface area contributed by atoms with Gasteiger partial charge in [0.15, 0.2) is 0 Å². The van der Waals surface area contributed by atoms with Crippen LogP contribution in [0.15, 0.2) is 24.8 Å². The molecule has 1 amide bonds. The van der Waals surface area contributed by atoms with Crippen LogP contribution in [-0.4, -0.2) is 48.2 Å². The highest BCUT2D eigenvalue weighted by molar-refractivity contribution is 5.95. The average Bonchev–Trinajstić information content (AvgIpc) is 2.86. The highest BCUT2D eigenvalue weighted by atomic mass is 16.5. The highest BCUT2D eigenvalue weighted by Crippen LogP contribution is 2.42. The zero-order valence-corrected chi connectivity index (χ0v) is 11.2. The van der Waals surface area contributed by atoms with Crippen molar-refractivity contribution in [1.29, 1.82) is 0 Å². The number of hydrogen-bond acceptors (Lipinski definition) is 4. The van der Waals surface area contributed by atoms with Crippen molar-refractivity contribution < 1.29 is 19.1 Å². The molecule has 0 radical (unpaired) electrons. The molecule has 5 nitrogen and oxygen atoms in total. The summed E-state index contributed by atoms with van der Waals surface area (Å²) in [4.78, 5) is 24.9. The zero-order valence-electron chi connectivity index (χ0n) is 11.2. The van der Waals surface area contributed by atoms with Crippen LogP contribution in [0.4, 0.5) is 0 Å². The van der Waals surface area contributed by atoms with E-state index in [1.807, 2.05) is 0 Å². The van der Waals surface area contributed by atoms with Crippen molar-refractivity contribution in [2.24, 2.45) is 0 Å². The predicted octanol–water partition coefficient (Wildman–Crippen LogP) is 1.05. The SMILES string of the molecule is C=CC(=O)OCC1(C2CCCO2)CN1C(=O)C(=C)C. The molecule has 104 valence electrons. The van der Waals surface area contributed by atoms with Gasteiger partial charge in [-0.05, 0) is 19.8 Å². The molecule has 19 heavy (non-hydrogen) atoms. The van der Waals surface area contributed by atoms with Crippen LogP contribution in [0.3, 0.4) is 0 Å². The summed E-state index contributed by atoms with van der Waals surface area (Å²) in [5.74, 6) is -0.586. The Balaban J connectivity index is 2.07. The summed E-state index contributed by atoms with van der Waals surface area (Å²) in [6.45, 7) is 10.1. The van der Waals surface area contributed by atoms with Crippen LogP contribution >= 0.6 is 0 Å². The molecule has 0 N–H and O–H groups in total. The van der Waals surface area contributed by atoms with Gasteiger partial charge in [-0.1, -0.05) is 13.2 Å². The fourth-order valence-corrected chi connectivity index (χ4v) is 2.49. The Morgan fingerprint density at radius 2 is 2.32 bits per heavy atom. The molecule has 2 fully saturated rings. The van der Waals surface area contributed by atoms with Crippen LogP contribution in [-0.2, 0) is 19.1 Å². The van der Waals surface area contributed by atoms with Crippen molar-refractivity contribution in [2.45, 2.75) is 31.4 Å². The topological polar surface area (TPSA) is 55.6 Å². The van der Waals surface area contributed by atoms with E-state index in [2.05, 4.69) is 13.2 Å². The van der Waals surface area contributed by atoms with E-state index in [4.69, 9.17) is 9.47 Å². The molecule has 0 saturated carbocycles. The summed E-state index contributed by atoms with van der Waals surface area (Å²) in [7, 11) is 0. The standard InChI is InChI=1S/C14H19NO4/c1-4-12(16)19-9-14(11-6-5-7-18-11)8-15(14)13(17)10(2)3/h4,11H,1-2,5-9H2,3H3. The maximum Gasteiger partial charge on any atom is 0.330 e. The number of ether oxygens (including phenoxy) is 2. The maximum absolute atomic E-state index is 12.0. The molecule has 0 bridgehead atoms. The molecule has 0 aromatic rings. The minimum absolute atomic E-state index is 0.0617. The third kappa shape index (κ3) is 2.56. The van der Waals surface area contributed by atoms with Gasteiger partial charge in [0.25, 0.3) is 0 Å². The second-order valence-corrected chi connectivity index (χ2v) is 5.09. The molecule has 2 rings (SSSR count). The van der Waals surface area contributed by atoms with Crippen molar-refractivity contribution in [1.82, 2.24) is 4.90 Å². The summed E-state index contributed by atoms with van der Waals surface area (Å²) in [5, 5.41) is 0. The highest BCUT2D eigenvalue weighted by Gasteiger charge is 2.62. The monoisotopic (exact) mass is 265 g/mol. The first-order chi connectivity index (χ1) is 9.01.